The van der Waals surface area contributed by atoms with E-state index in [4.69, 9.17) is 0 Å². The Balaban J connectivity index is 0.00000106. The predicted octanol–water partition coefficient (Wildman–Crippen LogP) is 3.41. The number of aromatic nitrogens is 2. The van der Waals surface area contributed by atoms with Gasteiger partial charge < -0.3 is 5.32 Å². The van der Waals surface area contributed by atoms with Crippen LogP contribution >= 0.6 is 23.1 Å². The first-order valence-electron chi connectivity index (χ1n) is 5.46. The molecule has 0 saturated heterocycles. The van der Waals surface area contributed by atoms with Crippen LogP contribution in [0.4, 0.5) is 5.13 Å². The van der Waals surface area contributed by atoms with Crippen LogP contribution in [0.5, 0.6) is 0 Å². The van der Waals surface area contributed by atoms with E-state index < -0.39 is 0 Å². The zero-order valence-corrected chi connectivity index (χ0v) is 11.9. The Bertz CT molecular complexity index is 302. The van der Waals surface area contributed by atoms with E-state index in [9.17, 15) is 4.79 Å². The minimum absolute atomic E-state index is 0.105. The molecular weight excluding hydrogens is 242 g/mol. The van der Waals surface area contributed by atoms with Crippen molar-refractivity contribution in [3.8, 4) is 0 Å². The highest BCUT2D eigenvalue weighted by atomic mass is 32.2. The third-order valence-corrected chi connectivity index (χ3v) is 3.47. The van der Waals surface area contributed by atoms with E-state index in [0.29, 0.717) is 5.13 Å². The van der Waals surface area contributed by atoms with Crippen LogP contribution in [0.1, 0.15) is 40.5 Å². The van der Waals surface area contributed by atoms with E-state index in [0.717, 1.165) is 10.1 Å². The molecule has 0 fully saturated rings. The number of amides is 1. The van der Waals surface area contributed by atoms with Crippen molar-refractivity contribution in [1.29, 1.82) is 0 Å². The second-order valence-electron chi connectivity index (χ2n) is 2.76. The van der Waals surface area contributed by atoms with Gasteiger partial charge in [-0.15, -0.1) is 10.2 Å². The fourth-order valence-electron chi connectivity index (χ4n) is 0.773. The van der Waals surface area contributed by atoms with E-state index >= 15 is 0 Å². The monoisotopic (exact) mass is 261 g/mol. The van der Waals surface area contributed by atoms with Gasteiger partial charge in [0, 0.05) is 12.7 Å². The molecule has 0 atom stereocenters. The molecule has 0 aliphatic carbocycles. The summed E-state index contributed by atoms with van der Waals surface area (Å²) in [5.41, 5.74) is 0. The maximum Gasteiger partial charge on any atom is 0.223 e. The Morgan fingerprint density at radius 1 is 1.44 bits per heavy atom. The van der Waals surface area contributed by atoms with Crippen molar-refractivity contribution in [2.45, 2.75) is 44.9 Å². The molecule has 0 spiro atoms. The third kappa shape index (κ3) is 6.79. The zero-order chi connectivity index (χ0) is 12.4. The van der Waals surface area contributed by atoms with Crippen molar-refractivity contribution < 1.29 is 4.79 Å². The number of nitrogens with zero attached hydrogens (tertiary/aromatic N) is 2. The molecule has 0 unspecified atom stereocenters. The summed E-state index contributed by atoms with van der Waals surface area (Å²) < 4.78 is 0.919. The van der Waals surface area contributed by atoms with Crippen LogP contribution in [0.3, 0.4) is 0 Å². The second kappa shape index (κ2) is 9.59. The first kappa shape index (κ1) is 15.4. The summed E-state index contributed by atoms with van der Waals surface area (Å²) in [5, 5.41) is 11.0. The van der Waals surface area contributed by atoms with E-state index in [-0.39, 0.29) is 5.91 Å². The van der Waals surface area contributed by atoms with Gasteiger partial charge in [-0.05, 0) is 6.42 Å². The molecule has 0 radical (unpaired) electrons. The van der Waals surface area contributed by atoms with Crippen molar-refractivity contribution in [1.82, 2.24) is 10.2 Å². The van der Waals surface area contributed by atoms with Gasteiger partial charge in [-0.2, -0.15) is 0 Å². The summed E-state index contributed by atoms with van der Waals surface area (Å²) in [6.45, 7) is 7.62. The SMILES string of the molecule is CC.CCCCSc1nnc(NC(C)=O)s1. The first-order chi connectivity index (χ1) is 7.72. The Kier molecular flexibility index (Phi) is 9.22. The van der Waals surface area contributed by atoms with Gasteiger partial charge in [-0.3, -0.25) is 4.79 Å². The van der Waals surface area contributed by atoms with Crippen LogP contribution in [0.15, 0.2) is 4.34 Å². The van der Waals surface area contributed by atoms with Crippen molar-refractivity contribution >= 4 is 34.1 Å². The lowest BCUT2D eigenvalue weighted by Crippen LogP contribution is -2.04. The van der Waals surface area contributed by atoms with Crippen LogP contribution in [-0.2, 0) is 4.79 Å². The minimum Gasteiger partial charge on any atom is -0.301 e. The molecule has 6 heteroatoms. The highest BCUT2D eigenvalue weighted by Gasteiger charge is 2.04. The summed E-state index contributed by atoms with van der Waals surface area (Å²) >= 11 is 3.11. The maximum absolute atomic E-state index is 10.7. The number of carbonyl (C=O) groups excluding carboxylic acids is 1. The van der Waals surface area contributed by atoms with E-state index in [1.807, 2.05) is 13.8 Å². The topological polar surface area (TPSA) is 54.9 Å². The Hall–Kier alpha value is -0.620. The summed E-state index contributed by atoms with van der Waals surface area (Å²) in [6.07, 6.45) is 2.37. The van der Waals surface area contributed by atoms with Gasteiger partial charge in [0.15, 0.2) is 4.34 Å². The molecule has 0 aliphatic rings. The van der Waals surface area contributed by atoms with Crippen LogP contribution in [-0.4, -0.2) is 21.9 Å². The largest absolute Gasteiger partial charge is 0.301 e. The Morgan fingerprint density at radius 3 is 2.69 bits per heavy atom. The number of nitrogens with one attached hydrogen (secondary N) is 1. The molecule has 0 aromatic carbocycles. The van der Waals surface area contributed by atoms with E-state index in [1.54, 1.807) is 11.8 Å². The van der Waals surface area contributed by atoms with E-state index in [2.05, 4.69) is 22.4 Å². The standard InChI is InChI=1S/C8H13N3OS2.C2H6/c1-3-4-5-13-8-11-10-7(14-8)9-6(2)12;1-2/h3-5H2,1-2H3,(H,9,10,12);1-2H3. The summed E-state index contributed by atoms with van der Waals surface area (Å²) in [6, 6.07) is 0. The van der Waals surface area contributed by atoms with Gasteiger partial charge in [0.1, 0.15) is 0 Å². The molecule has 16 heavy (non-hydrogen) atoms. The predicted molar refractivity (Wildman–Crippen MR) is 71.2 cm³/mol. The smallest absolute Gasteiger partial charge is 0.223 e. The van der Waals surface area contributed by atoms with Crippen molar-refractivity contribution in [3.05, 3.63) is 0 Å². The highest BCUT2D eigenvalue weighted by molar-refractivity contribution is 8.01. The van der Waals surface area contributed by atoms with Crippen LogP contribution in [0, 0.1) is 0 Å². The normalized spacial score (nSPS) is 9.25. The van der Waals surface area contributed by atoms with Gasteiger partial charge in [-0.25, -0.2) is 0 Å². The number of carbonyl (C=O) groups is 1. The number of thioether (sulfide) groups is 1. The summed E-state index contributed by atoms with van der Waals surface area (Å²) in [5.74, 6) is 0.955. The van der Waals surface area contributed by atoms with Crippen molar-refractivity contribution in [2.75, 3.05) is 11.1 Å². The summed E-state index contributed by atoms with van der Waals surface area (Å²) in [4.78, 5) is 10.7. The molecular formula is C10H19N3OS2. The van der Waals surface area contributed by atoms with Gasteiger partial charge >= 0.3 is 0 Å². The van der Waals surface area contributed by atoms with Crippen LogP contribution in [0.25, 0.3) is 0 Å². The van der Waals surface area contributed by atoms with Crippen molar-refractivity contribution in [2.24, 2.45) is 0 Å². The average molecular weight is 261 g/mol. The summed E-state index contributed by atoms with van der Waals surface area (Å²) in [7, 11) is 0. The molecule has 1 aromatic heterocycles. The van der Waals surface area contributed by atoms with Gasteiger partial charge in [0.2, 0.25) is 11.0 Å². The molecule has 1 heterocycles. The van der Waals surface area contributed by atoms with Crippen LogP contribution < -0.4 is 5.32 Å². The first-order valence-corrected chi connectivity index (χ1v) is 7.26. The average Bonchev–Trinajstić information content (AvgIpc) is 2.68. The maximum atomic E-state index is 10.7. The lowest BCUT2D eigenvalue weighted by Gasteiger charge is -1.92. The van der Waals surface area contributed by atoms with Gasteiger partial charge in [0.25, 0.3) is 0 Å². The molecule has 1 N–H and O–H groups in total. The highest BCUT2D eigenvalue weighted by Crippen LogP contribution is 2.25. The third-order valence-electron chi connectivity index (χ3n) is 1.41. The Labute approximate surface area is 105 Å². The molecule has 1 amide bonds. The number of hydrogen-bond donors (Lipinski definition) is 1. The Morgan fingerprint density at radius 2 is 2.12 bits per heavy atom. The molecule has 1 aromatic rings. The van der Waals surface area contributed by atoms with Crippen molar-refractivity contribution in [3.63, 3.8) is 0 Å². The fourth-order valence-corrected chi connectivity index (χ4v) is 2.73. The molecule has 4 nitrogen and oxygen atoms in total. The molecule has 0 aliphatic heterocycles. The van der Waals surface area contributed by atoms with Crippen LogP contribution in [0.2, 0.25) is 0 Å². The minimum atomic E-state index is -0.105. The lowest BCUT2D eigenvalue weighted by atomic mass is 10.4. The number of unbranched alkanes of at least 4 members (excludes halogenated alkanes) is 1. The number of rotatable bonds is 5. The molecule has 92 valence electrons. The lowest BCUT2D eigenvalue weighted by molar-refractivity contribution is -0.114. The quantitative estimate of drug-likeness (QED) is 0.501. The second-order valence-corrected chi connectivity index (χ2v) is 5.08. The zero-order valence-electron chi connectivity index (χ0n) is 10.2. The molecule has 0 bridgehead atoms. The van der Waals surface area contributed by atoms with Gasteiger partial charge in [0.05, 0.1) is 0 Å². The molecule has 1 rings (SSSR count). The molecule has 0 saturated carbocycles. The fraction of sp³-hybridized carbons (Fsp3) is 0.700. The number of anilines is 1. The van der Waals surface area contributed by atoms with E-state index in [1.165, 1.54) is 31.1 Å². The van der Waals surface area contributed by atoms with Gasteiger partial charge in [-0.1, -0.05) is 50.3 Å². The number of hydrogen-bond acceptors (Lipinski definition) is 5.